The molecule has 0 radical (unpaired) electrons. The van der Waals surface area contributed by atoms with E-state index in [9.17, 15) is 19.2 Å². The maximum absolute atomic E-state index is 12.4. The Balaban J connectivity index is 1.60. The molecule has 1 aromatic rings. The molecule has 0 aromatic heterocycles. The van der Waals surface area contributed by atoms with Crippen molar-refractivity contribution in [1.29, 1.82) is 0 Å². The standard InChI is InChI=1S/C21H27N3O6/c1-12(2)9-15(21(28)29-3)22-18(25)11-30-20(27)13-6-7-16-14(10-13)23-19(26)17-5-4-8-24(16)17/h6-7,10,12,15,17H,4-5,8-9,11H2,1-3H3,(H,22,25)(H,23,26)/t15-,17+/m1/s1. The molecule has 2 aliphatic rings. The number of hydrogen-bond donors (Lipinski definition) is 2. The van der Waals surface area contributed by atoms with Crippen LogP contribution < -0.4 is 15.5 Å². The number of amides is 2. The quantitative estimate of drug-likeness (QED) is 0.646. The van der Waals surface area contributed by atoms with Crippen LogP contribution >= 0.6 is 0 Å². The molecule has 0 aliphatic carbocycles. The molecule has 2 amide bonds. The third-order valence-electron chi connectivity index (χ3n) is 5.22. The van der Waals surface area contributed by atoms with E-state index in [1.807, 2.05) is 18.7 Å². The van der Waals surface area contributed by atoms with Crippen molar-refractivity contribution in [1.82, 2.24) is 5.32 Å². The van der Waals surface area contributed by atoms with Crippen molar-refractivity contribution in [2.75, 3.05) is 30.5 Å². The molecule has 9 nitrogen and oxygen atoms in total. The van der Waals surface area contributed by atoms with Crippen molar-refractivity contribution >= 4 is 35.1 Å². The molecule has 0 unspecified atom stereocenters. The summed E-state index contributed by atoms with van der Waals surface area (Å²) in [6, 6.07) is 3.99. The predicted octanol–water partition coefficient (Wildman–Crippen LogP) is 1.47. The largest absolute Gasteiger partial charge is 0.467 e. The number of ether oxygens (including phenoxy) is 2. The Hall–Kier alpha value is -3.10. The van der Waals surface area contributed by atoms with Crippen LogP contribution in [0.25, 0.3) is 0 Å². The van der Waals surface area contributed by atoms with Crippen LogP contribution in [-0.4, -0.2) is 56.1 Å². The molecule has 2 atom stereocenters. The van der Waals surface area contributed by atoms with E-state index in [-0.39, 0.29) is 23.4 Å². The summed E-state index contributed by atoms with van der Waals surface area (Å²) in [7, 11) is 1.25. The first-order valence-electron chi connectivity index (χ1n) is 10.1. The maximum atomic E-state index is 12.4. The lowest BCUT2D eigenvalue weighted by Crippen LogP contribution is -2.44. The number of carbonyl (C=O) groups excluding carboxylic acids is 4. The number of benzene rings is 1. The van der Waals surface area contributed by atoms with Gasteiger partial charge in [0.2, 0.25) is 5.91 Å². The summed E-state index contributed by atoms with van der Waals surface area (Å²) in [6.07, 6.45) is 2.17. The Morgan fingerprint density at radius 3 is 2.77 bits per heavy atom. The van der Waals surface area contributed by atoms with Gasteiger partial charge in [-0.15, -0.1) is 0 Å². The molecule has 30 heavy (non-hydrogen) atoms. The SMILES string of the molecule is COC(=O)[C@@H](CC(C)C)NC(=O)COC(=O)c1ccc2c(c1)NC(=O)[C@@H]1CCCN21. The van der Waals surface area contributed by atoms with Crippen LogP contribution in [0.1, 0.15) is 43.5 Å². The Bertz CT molecular complexity index is 853. The molecular formula is C21H27N3O6. The lowest BCUT2D eigenvalue weighted by atomic mass is 10.0. The first-order chi connectivity index (χ1) is 14.3. The van der Waals surface area contributed by atoms with Gasteiger partial charge in [0.25, 0.3) is 5.91 Å². The zero-order chi connectivity index (χ0) is 21.8. The highest BCUT2D eigenvalue weighted by Crippen LogP contribution is 2.37. The molecule has 0 spiro atoms. The van der Waals surface area contributed by atoms with Gasteiger partial charge in [-0.3, -0.25) is 9.59 Å². The zero-order valence-corrected chi connectivity index (χ0v) is 17.4. The topological polar surface area (TPSA) is 114 Å². The second kappa shape index (κ2) is 9.15. The average molecular weight is 417 g/mol. The normalized spacial score (nSPS) is 18.2. The first-order valence-corrected chi connectivity index (χ1v) is 10.1. The van der Waals surface area contributed by atoms with E-state index in [0.29, 0.717) is 12.1 Å². The van der Waals surface area contributed by atoms with E-state index in [0.717, 1.165) is 25.1 Å². The van der Waals surface area contributed by atoms with Crippen LogP contribution in [0.2, 0.25) is 0 Å². The average Bonchev–Trinajstić information content (AvgIpc) is 3.21. The van der Waals surface area contributed by atoms with E-state index < -0.39 is 30.5 Å². The molecule has 1 fully saturated rings. The highest BCUT2D eigenvalue weighted by atomic mass is 16.5. The number of anilines is 2. The molecule has 0 bridgehead atoms. The summed E-state index contributed by atoms with van der Waals surface area (Å²) in [4.78, 5) is 50.6. The molecule has 1 aromatic carbocycles. The molecule has 2 aliphatic heterocycles. The minimum absolute atomic E-state index is 0.0797. The van der Waals surface area contributed by atoms with Crippen molar-refractivity contribution in [3.05, 3.63) is 23.8 Å². The predicted molar refractivity (Wildman–Crippen MR) is 109 cm³/mol. The van der Waals surface area contributed by atoms with Crippen LogP contribution in [0.4, 0.5) is 11.4 Å². The fourth-order valence-corrected chi connectivity index (χ4v) is 3.84. The molecule has 9 heteroatoms. The molecule has 0 saturated carbocycles. The number of esters is 2. The van der Waals surface area contributed by atoms with Gasteiger partial charge in [0.15, 0.2) is 6.61 Å². The summed E-state index contributed by atoms with van der Waals surface area (Å²) >= 11 is 0. The minimum atomic E-state index is -0.798. The van der Waals surface area contributed by atoms with Gasteiger partial charge in [-0.05, 0) is 43.4 Å². The van der Waals surface area contributed by atoms with Gasteiger partial charge in [-0.1, -0.05) is 13.8 Å². The molecule has 162 valence electrons. The maximum Gasteiger partial charge on any atom is 0.338 e. The minimum Gasteiger partial charge on any atom is -0.467 e. The number of rotatable bonds is 7. The second-order valence-electron chi connectivity index (χ2n) is 7.92. The van der Waals surface area contributed by atoms with Crippen LogP contribution in [0.15, 0.2) is 18.2 Å². The number of nitrogens with zero attached hydrogens (tertiary/aromatic N) is 1. The van der Waals surface area contributed by atoms with Crippen LogP contribution in [0.5, 0.6) is 0 Å². The fourth-order valence-electron chi connectivity index (χ4n) is 3.84. The van der Waals surface area contributed by atoms with Crippen molar-refractivity contribution in [3.8, 4) is 0 Å². The van der Waals surface area contributed by atoms with Gasteiger partial charge in [0, 0.05) is 6.54 Å². The van der Waals surface area contributed by atoms with E-state index in [2.05, 4.69) is 10.6 Å². The summed E-state index contributed by atoms with van der Waals surface area (Å²) in [6.45, 7) is 4.11. The van der Waals surface area contributed by atoms with Gasteiger partial charge in [-0.25, -0.2) is 9.59 Å². The van der Waals surface area contributed by atoms with E-state index in [1.165, 1.54) is 7.11 Å². The molecule has 3 rings (SSSR count). The Kier molecular flexibility index (Phi) is 6.59. The van der Waals surface area contributed by atoms with Gasteiger partial charge in [-0.2, -0.15) is 0 Å². The highest BCUT2D eigenvalue weighted by molar-refractivity contribution is 6.05. The Labute approximate surface area is 175 Å². The first kappa shape index (κ1) is 21.6. The molecular weight excluding hydrogens is 390 g/mol. The van der Waals surface area contributed by atoms with Crippen LogP contribution in [0.3, 0.4) is 0 Å². The zero-order valence-electron chi connectivity index (χ0n) is 17.4. The van der Waals surface area contributed by atoms with E-state index in [4.69, 9.17) is 9.47 Å². The number of fused-ring (bicyclic) bond motifs is 3. The third kappa shape index (κ3) is 4.72. The van der Waals surface area contributed by atoms with Gasteiger partial charge in [0.05, 0.1) is 24.0 Å². The van der Waals surface area contributed by atoms with Crippen molar-refractivity contribution in [3.63, 3.8) is 0 Å². The van der Waals surface area contributed by atoms with Crippen molar-refractivity contribution in [2.45, 2.75) is 45.2 Å². The molecule has 1 saturated heterocycles. The Morgan fingerprint density at radius 2 is 2.07 bits per heavy atom. The monoisotopic (exact) mass is 417 g/mol. The number of nitrogens with one attached hydrogen (secondary N) is 2. The van der Waals surface area contributed by atoms with E-state index in [1.54, 1.807) is 18.2 Å². The van der Waals surface area contributed by atoms with Gasteiger partial charge in [0.1, 0.15) is 12.1 Å². The lowest BCUT2D eigenvalue weighted by Gasteiger charge is -2.33. The molecule has 2 N–H and O–H groups in total. The Morgan fingerprint density at radius 1 is 1.30 bits per heavy atom. The van der Waals surface area contributed by atoms with Crippen LogP contribution in [0, 0.1) is 5.92 Å². The van der Waals surface area contributed by atoms with Crippen LogP contribution in [-0.2, 0) is 23.9 Å². The number of carbonyl (C=O) groups is 4. The summed E-state index contributed by atoms with van der Waals surface area (Å²) in [5.74, 6) is -1.74. The fraction of sp³-hybridized carbons (Fsp3) is 0.524. The second-order valence-corrected chi connectivity index (χ2v) is 7.92. The summed E-state index contributed by atoms with van der Waals surface area (Å²) in [5.41, 5.74) is 1.66. The van der Waals surface area contributed by atoms with Crippen molar-refractivity contribution < 1.29 is 28.7 Å². The highest BCUT2D eigenvalue weighted by Gasteiger charge is 2.36. The van der Waals surface area contributed by atoms with Crippen molar-refractivity contribution in [2.24, 2.45) is 5.92 Å². The van der Waals surface area contributed by atoms with Gasteiger partial charge >= 0.3 is 11.9 Å². The smallest absolute Gasteiger partial charge is 0.338 e. The number of hydrogen-bond acceptors (Lipinski definition) is 7. The third-order valence-corrected chi connectivity index (χ3v) is 5.22. The van der Waals surface area contributed by atoms with E-state index >= 15 is 0 Å². The van der Waals surface area contributed by atoms with Gasteiger partial charge < -0.3 is 25.0 Å². The lowest BCUT2D eigenvalue weighted by molar-refractivity contribution is -0.145. The number of methoxy groups -OCH3 is 1. The summed E-state index contributed by atoms with van der Waals surface area (Å²) < 4.78 is 9.78. The molecule has 2 heterocycles. The summed E-state index contributed by atoms with van der Waals surface area (Å²) in [5, 5.41) is 5.37.